The number of guanidine groups is 1. The lowest BCUT2D eigenvalue weighted by atomic mass is 10.1. The predicted octanol–water partition coefficient (Wildman–Crippen LogP) is 1.50. The van der Waals surface area contributed by atoms with Crippen molar-refractivity contribution in [2.24, 2.45) is 4.99 Å². The lowest BCUT2D eigenvalue weighted by Gasteiger charge is -2.33. The Morgan fingerprint density at radius 1 is 1.17 bits per heavy atom. The van der Waals surface area contributed by atoms with Crippen molar-refractivity contribution in [1.82, 2.24) is 20.5 Å². The molecule has 7 heteroatoms. The average molecular weight is 395 g/mol. The Balaban J connectivity index is 1.26. The second-order valence-electron chi connectivity index (χ2n) is 7.67. The number of para-hydroxylation sites is 1. The van der Waals surface area contributed by atoms with Crippen LogP contribution in [0.25, 0.3) is 0 Å². The molecule has 1 aromatic carbocycles. The molecule has 154 valence electrons. The summed E-state index contributed by atoms with van der Waals surface area (Å²) in [4.78, 5) is 13.6. The van der Waals surface area contributed by atoms with Gasteiger partial charge < -0.3 is 25.2 Å². The molecule has 2 aromatic rings. The van der Waals surface area contributed by atoms with Crippen LogP contribution in [0.15, 0.2) is 47.6 Å². The molecule has 7 nitrogen and oxygen atoms in total. The first-order valence-electron chi connectivity index (χ1n) is 10.3. The molecule has 0 bridgehead atoms. The molecular weight excluding hydrogens is 364 g/mol. The van der Waals surface area contributed by atoms with E-state index in [4.69, 9.17) is 4.74 Å². The van der Waals surface area contributed by atoms with Gasteiger partial charge in [-0.25, -0.2) is 4.98 Å². The first-order chi connectivity index (χ1) is 14.2. The molecule has 2 aliphatic rings. The monoisotopic (exact) mass is 394 g/mol. The number of fused-ring (bicyclic) bond motifs is 1. The minimum absolute atomic E-state index is 0.135. The summed E-state index contributed by atoms with van der Waals surface area (Å²) in [6, 6.07) is 12.5. The third-order valence-electron chi connectivity index (χ3n) is 5.53. The van der Waals surface area contributed by atoms with E-state index in [1.54, 1.807) is 7.05 Å². The van der Waals surface area contributed by atoms with Gasteiger partial charge in [0.05, 0.1) is 6.54 Å². The summed E-state index contributed by atoms with van der Waals surface area (Å²) in [7, 11) is 3.96. The number of hydrogen-bond acceptors (Lipinski definition) is 5. The van der Waals surface area contributed by atoms with Crippen LogP contribution in [0, 0.1) is 0 Å². The van der Waals surface area contributed by atoms with Gasteiger partial charge in [-0.2, -0.15) is 0 Å². The SMILES string of the molecule is CN=C(NCc1ccnc(N2CCN(C)CC2)c1)NCC1Cc2ccccc2O1. The Morgan fingerprint density at radius 3 is 2.79 bits per heavy atom. The molecule has 2 aliphatic heterocycles. The molecule has 1 unspecified atom stereocenters. The number of benzene rings is 1. The predicted molar refractivity (Wildman–Crippen MR) is 117 cm³/mol. The smallest absolute Gasteiger partial charge is 0.191 e. The molecule has 0 radical (unpaired) electrons. The number of aromatic nitrogens is 1. The number of anilines is 1. The van der Waals surface area contributed by atoms with E-state index in [-0.39, 0.29) is 6.10 Å². The van der Waals surface area contributed by atoms with Gasteiger partial charge in [0.15, 0.2) is 5.96 Å². The highest BCUT2D eigenvalue weighted by molar-refractivity contribution is 5.79. The molecule has 29 heavy (non-hydrogen) atoms. The Kier molecular flexibility index (Phi) is 6.14. The van der Waals surface area contributed by atoms with Crippen LogP contribution < -0.4 is 20.3 Å². The number of nitrogens with zero attached hydrogens (tertiary/aromatic N) is 4. The summed E-state index contributed by atoms with van der Waals surface area (Å²) in [6.07, 6.45) is 2.96. The van der Waals surface area contributed by atoms with Gasteiger partial charge in [-0.3, -0.25) is 4.99 Å². The van der Waals surface area contributed by atoms with E-state index < -0.39 is 0 Å². The minimum atomic E-state index is 0.135. The normalized spacial score (nSPS) is 19.6. The number of piperazine rings is 1. The van der Waals surface area contributed by atoms with Gasteiger partial charge in [0.1, 0.15) is 17.7 Å². The van der Waals surface area contributed by atoms with Crippen molar-refractivity contribution in [3.8, 4) is 5.75 Å². The zero-order chi connectivity index (χ0) is 20.1. The molecule has 1 aromatic heterocycles. The average Bonchev–Trinajstić information content (AvgIpc) is 3.17. The van der Waals surface area contributed by atoms with Gasteiger partial charge in [0.2, 0.25) is 0 Å². The molecule has 0 aliphatic carbocycles. The number of hydrogen-bond donors (Lipinski definition) is 2. The number of aliphatic imine (C=N–C) groups is 1. The lowest BCUT2D eigenvalue weighted by molar-refractivity contribution is 0.235. The van der Waals surface area contributed by atoms with Crippen molar-refractivity contribution in [2.75, 3.05) is 51.7 Å². The Hall–Kier alpha value is -2.80. The van der Waals surface area contributed by atoms with E-state index in [9.17, 15) is 0 Å². The van der Waals surface area contributed by atoms with Gasteiger partial charge in [-0.05, 0) is 36.4 Å². The number of ether oxygens (including phenoxy) is 1. The lowest BCUT2D eigenvalue weighted by Crippen LogP contribution is -2.45. The second-order valence-corrected chi connectivity index (χ2v) is 7.67. The summed E-state index contributed by atoms with van der Waals surface area (Å²) in [6.45, 7) is 5.62. The summed E-state index contributed by atoms with van der Waals surface area (Å²) in [5.41, 5.74) is 2.47. The van der Waals surface area contributed by atoms with Crippen LogP contribution in [0.2, 0.25) is 0 Å². The number of nitrogens with one attached hydrogen (secondary N) is 2. The van der Waals surface area contributed by atoms with E-state index in [0.29, 0.717) is 6.54 Å². The van der Waals surface area contributed by atoms with Crippen molar-refractivity contribution in [1.29, 1.82) is 0 Å². The van der Waals surface area contributed by atoms with Crippen molar-refractivity contribution in [3.63, 3.8) is 0 Å². The van der Waals surface area contributed by atoms with Gasteiger partial charge in [-0.1, -0.05) is 18.2 Å². The van der Waals surface area contributed by atoms with Crippen molar-refractivity contribution < 1.29 is 4.74 Å². The van der Waals surface area contributed by atoms with Gasteiger partial charge in [0, 0.05) is 52.4 Å². The van der Waals surface area contributed by atoms with Crippen LogP contribution in [0.5, 0.6) is 5.75 Å². The van der Waals surface area contributed by atoms with Crippen LogP contribution in [-0.4, -0.2) is 68.8 Å². The standard InChI is InChI=1S/C22H30N6O/c1-23-22(26-16-19-14-18-5-3-4-6-20(18)29-19)25-15-17-7-8-24-21(13-17)28-11-9-27(2)10-12-28/h3-8,13,19H,9-12,14-16H2,1-2H3,(H2,23,25,26). The highest BCUT2D eigenvalue weighted by Gasteiger charge is 2.22. The van der Waals surface area contributed by atoms with Gasteiger partial charge in [-0.15, -0.1) is 0 Å². The molecule has 3 heterocycles. The van der Waals surface area contributed by atoms with E-state index in [0.717, 1.165) is 56.7 Å². The fourth-order valence-corrected chi connectivity index (χ4v) is 3.76. The molecule has 0 saturated carbocycles. The Morgan fingerprint density at radius 2 is 2.00 bits per heavy atom. The maximum atomic E-state index is 5.99. The minimum Gasteiger partial charge on any atom is -0.488 e. The Labute approximate surface area is 172 Å². The van der Waals surface area contributed by atoms with Crippen molar-refractivity contribution in [3.05, 3.63) is 53.7 Å². The third-order valence-corrected chi connectivity index (χ3v) is 5.53. The molecule has 4 rings (SSSR count). The van der Waals surface area contributed by atoms with E-state index in [1.807, 2.05) is 18.3 Å². The highest BCUT2D eigenvalue weighted by atomic mass is 16.5. The number of pyridine rings is 1. The van der Waals surface area contributed by atoms with E-state index in [1.165, 1.54) is 11.1 Å². The topological polar surface area (TPSA) is 65.0 Å². The summed E-state index contributed by atoms with van der Waals surface area (Å²) in [5, 5.41) is 6.78. The highest BCUT2D eigenvalue weighted by Crippen LogP contribution is 2.27. The molecule has 1 atom stereocenters. The number of likely N-dealkylation sites (N-methyl/N-ethyl adjacent to an activating group) is 1. The largest absolute Gasteiger partial charge is 0.488 e. The summed E-state index contributed by atoms with van der Waals surface area (Å²) < 4.78 is 5.99. The fraction of sp³-hybridized carbons (Fsp3) is 0.455. The van der Waals surface area contributed by atoms with Crippen LogP contribution in [0.1, 0.15) is 11.1 Å². The van der Waals surface area contributed by atoms with Gasteiger partial charge >= 0.3 is 0 Å². The maximum absolute atomic E-state index is 5.99. The molecule has 1 fully saturated rings. The maximum Gasteiger partial charge on any atom is 0.191 e. The van der Waals surface area contributed by atoms with Gasteiger partial charge in [0.25, 0.3) is 0 Å². The molecule has 1 saturated heterocycles. The first-order valence-corrected chi connectivity index (χ1v) is 10.3. The van der Waals surface area contributed by atoms with Crippen LogP contribution >= 0.6 is 0 Å². The number of rotatable bonds is 5. The fourth-order valence-electron chi connectivity index (χ4n) is 3.76. The summed E-state index contributed by atoms with van der Waals surface area (Å²) in [5.74, 6) is 2.83. The molecule has 2 N–H and O–H groups in total. The van der Waals surface area contributed by atoms with Crippen LogP contribution in [-0.2, 0) is 13.0 Å². The Bertz CT molecular complexity index is 822. The van der Waals surface area contributed by atoms with Crippen molar-refractivity contribution in [2.45, 2.75) is 19.1 Å². The second kappa shape index (κ2) is 9.13. The summed E-state index contributed by atoms with van der Waals surface area (Å²) >= 11 is 0. The zero-order valence-electron chi connectivity index (χ0n) is 17.3. The van der Waals surface area contributed by atoms with Crippen LogP contribution in [0.4, 0.5) is 5.82 Å². The quantitative estimate of drug-likeness (QED) is 0.592. The van der Waals surface area contributed by atoms with E-state index in [2.05, 4.69) is 61.7 Å². The third kappa shape index (κ3) is 4.98. The first kappa shape index (κ1) is 19.5. The van der Waals surface area contributed by atoms with Crippen molar-refractivity contribution >= 4 is 11.8 Å². The molecular formula is C22H30N6O. The molecule has 0 spiro atoms. The van der Waals surface area contributed by atoms with E-state index >= 15 is 0 Å². The van der Waals surface area contributed by atoms with Crippen LogP contribution in [0.3, 0.4) is 0 Å². The molecule has 0 amide bonds. The zero-order valence-corrected chi connectivity index (χ0v) is 17.3.